The van der Waals surface area contributed by atoms with Gasteiger partial charge in [0.2, 0.25) is 0 Å². The highest BCUT2D eigenvalue weighted by Crippen LogP contribution is 2.23. The highest BCUT2D eigenvalue weighted by molar-refractivity contribution is 6.03. The zero-order valence-electron chi connectivity index (χ0n) is 13.7. The molecule has 0 spiro atoms. The number of nitrogens with one attached hydrogen (secondary N) is 1. The van der Waals surface area contributed by atoms with Gasteiger partial charge >= 0.3 is 0 Å². The molecular weight excluding hydrogens is 318 g/mol. The van der Waals surface area contributed by atoms with E-state index in [2.05, 4.69) is 25.5 Å². The van der Waals surface area contributed by atoms with Crippen LogP contribution >= 0.6 is 0 Å². The number of rotatable bonds is 3. The van der Waals surface area contributed by atoms with Crippen molar-refractivity contribution in [3.05, 3.63) is 60.4 Å². The molecule has 0 aliphatic rings. The Morgan fingerprint density at radius 3 is 2.68 bits per heavy atom. The van der Waals surface area contributed by atoms with Crippen LogP contribution in [0, 0.1) is 6.92 Å². The quantitative estimate of drug-likeness (QED) is 0.620. The molecule has 0 aromatic carbocycles. The van der Waals surface area contributed by atoms with E-state index in [0.717, 1.165) is 17.0 Å². The van der Waals surface area contributed by atoms with E-state index in [-0.39, 0.29) is 5.91 Å². The van der Waals surface area contributed by atoms with Crippen molar-refractivity contribution in [1.82, 2.24) is 29.4 Å². The summed E-state index contributed by atoms with van der Waals surface area (Å²) in [4.78, 5) is 20.7. The average Bonchev–Trinajstić information content (AvgIpc) is 3.20. The van der Waals surface area contributed by atoms with Crippen LogP contribution in [0.4, 0.5) is 5.69 Å². The summed E-state index contributed by atoms with van der Waals surface area (Å²) in [6, 6.07) is 6.95. The molecule has 8 heteroatoms. The van der Waals surface area contributed by atoms with Crippen molar-refractivity contribution < 1.29 is 4.79 Å². The third kappa shape index (κ3) is 2.63. The molecule has 4 aromatic rings. The summed E-state index contributed by atoms with van der Waals surface area (Å²) in [6.07, 6.45) is 6.71. The number of hydrogen-bond donors (Lipinski definition) is 1. The van der Waals surface area contributed by atoms with Crippen LogP contribution in [0.5, 0.6) is 0 Å². The van der Waals surface area contributed by atoms with E-state index in [1.54, 1.807) is 52.2 Å². The first-order valence-electron chi connectivity index (χ1n) is 7.68. The van der Waals surface area contributed by atoms with Crippen LogP contribution in [0.2, 0.25) is 0 Å². The molecule has 4 aromatic heterocycles. The number of nitrogens with zero attached hydrogens (tertiary/aromatic N) is 6. The summed E-state index contributed by atoms with van der Waals surface area (Å²) in [6.45, 7) is 1.98. The van der Waals surface area contributed by atoms with Crippen LogP contribution < -0.4 is 5.32 Å². The lowest BCUT2D eigenvalue weighted by Crippen LogP contribution is -2.12. The number of hydrogen-bond acceptors (Lipinski definition) is 5. The molecule has 1 amide bonds. The minimum absolute atomic E-state index is 0.290. The van der Waals surface area contributed by atoms with Crippen molar-refractivity contribution in [2.24, 2.45) is 7.05 Å². The van der Waals surface area contributed by atoms with Gasteiger partial charge in [-0.3, -0.25) is 14.5 Å². The zero-order chi connectivity index (χ0) is 17.4. The van der Waals surface area contributed by atoms with Crippen LogP contribution in [0.3, 0.4) is 0 Å². The summed E-state index contributed by atoms with van der Waals surface area (Å²) in [5, 5.41) is 11.5. The van der Waals surface area contributed by atoms with Gasteiger partial charge < -0.3 is 5.32 Å². The van der Waals surface area contributed by atoms with Gasteiger partial charge in [0.1, 0.15) is 0 Å². The lowest BCUT2D eigenvalue weighted by Gasteiger charge is -2.04. The lowest BCUT2D eigenvalue weighted by atomic mass is 10.2. The largest absolute Gasteiger partial charge is 0.320 e. The number of aryl methyl sites for hydroxylation is 1. The molecule has 0 saturated heterocycles. The smallest absolute Gasteiger partial charge is 0.276 e. The zero-order valence-corrected chi connectivity index (χ0v) is 13.7. The Morgan fingerprint density at radius 1 is 1.16 bits per heavy atom. The second-order valence-corrected chi connectivity index (χ2v) is 5.59. The third-order valence-electron chi connectivity index (χ3n) is 4.04. The monoisotopic (exact) mass is 333 g/mol. The minimum atomic E-state index is -0.300. The van der Waals surface area contributed by atoms with Crippen LogP contribution in [0.15, 0.2) is 49.1 Å². The third-order valence-corrected chi connectivity index (χ3v) is 4.04. The van der Waals surface area contributed by atoms with Gasteiger partial charge in [-0.25, -0.2) is 9.50 Å². The number of aromatic nitrogens is 6. The van der Waals surface area contributed by atoms with E-state index in [1.165, 1.54) is 0 Å². The van der Waals surface area contributed by atoms with Crippen molar-refractivity contribution >= 4 is 17.2 Å². The molecule has 0 bridgehead atoms. The topological polar surface area (TPSA) is 90.0 Å². The summed E-state index contributed by atoms with van der Waals surface area (Å²) < 4.78 is 3.45. The second-order valence-electron chi connectivity index (χ2n) is 5.59. The molecule has 1 N–H and O–H groups in total. The molecular formula is C17H15N7O. The molecule has 0 aliphatic heterocycles. The summed E-state index contributed by atoms with van der Waals surface area (Å²) in [5.41, 5.74) is 4.33. The van der Waals surface area contributed by atoms with Gasteiger partial charge in [-0.1, -0.05) is 0 Å². The Morgan fingerprint density at radius 2 is 1.96 bits per heavy atom. The van der Waals surface area contributed by atoms with Crippen molar-refractivity contribution in [3.63, 3.8) is 0 Å². The molecule has 0 atom stereocenters. The number of amides is 1. The van der Waals surface area contributed by atoms with Crippen molar-refractivity contribution in [2.75, 3.05) is 5.32 Å². The van der Waals surface area contributed by atoms with E-state index < -0.39 is 0 Å². The first-order chi connectivity index (χ1) is 12.1. The molecule has 4 rings (SSSR count). The maximum atomic E-state index is 12.5. The molecule has 0 radical (unpaired) electrons. The fraction of sp³-hybridized carbons (Fsp3) is 0.118. The van der Waals surface area contributed by atoms with E-state index in [9.17, 15) is 4.79 Å². The van der Waals surface area contributed by atoms with Gasteiger partial charge in [-0.2, -0.15) is 10.2 Å². The first kappa shape index (κ1) is 15.0. The summed E-state index contributed by atoms with van der Waals surface area (Å²) >= 11 is 0. The Bertz CT molecular complexity index is 1070. The fourth-order valence-electron chi connectivity index (χ4n) is 2.59. The maximum Gasteiger partial charge on any atom is 0.276 e. The number of anilines is 1. The second kappa shape index (κ2) is 5.82. The Balaban J connectivity index is 1.74. The number of fused-ring (bicyclic) bond motifs is 1. The van der Waals surface area contributed by atoms with Crippen LogP contribution in [-0.2, 0) is 7.05 Å². The maximum absolute atomic E-state index is 12.5. The molecule has 8 nitrogen and oxygen atoms in total. The van der Waals surface area contributed by atoms with Gasteiger partial charge in [0, 0.05) is 48.6 Å². The van der Waals surface area contributed by atoms with Gasteiger partial charge in [0.15, 0.2) is 11.3 Å². The van der Waals surface area contributed by atoms with E-state index in [0.29, 0.717) is 17.0 Å². The van der Waals surface area contributed by atoms with Crippen LogP contribution in [-0.4, -0.2) is 35.3 Å². The Hall–Kier alpha value is -3.55. The predicted octanol–water partition coefficient (Wildman–Crippen LogP) is 2.09. The molecule has 0 unspecified atom stereocenters. The highest BCUT2D eigenvalue weighted by Gasteiger charge is 2.16. The molecule has 124 valence electrons. The standard InChI is InChI=1S/C17H15N7O/c1-11-13(10-20-23(11)2)15-5-8-19-16-9-14(22-24(15)16)17(25)21-12-3-6-18-7-4-12/h3-10H,1-2H3,(H,18,21,25). The van der Waals surface area contributed by atoms with Gasteiger partial charge in [0.25, 0.3) is 5.91 Å². The SMILES string of the molecule is Cc1c(-c2ccnc3cc(C(=O)Nc4ccncc4)nn23)cnn1C. The molecule has 25 heavy (non-hydrogen) atoms. The van der Waals surface area contributed by atoms with Crippen molar-refractivity contribution in [1.29, 1.82) is 0 Å². The van der Waals surface area contributed by atoms with E-state index in [1.807, 2.05) is 20.0 Å². The van der Waals surface area contributed by atoms with Crippen LogP contribution in [0.25, 0.3) is 16.9 Å². The fourth-order valence-corrected chi connectivity index (χ4v) is 2.59. The number of carbonyl (C=O) groups is 1. The van der Waals surface area contributed by atoms with Crippen molar-refractivity contribution in [3.8, 4) is 11.3 Å². The number of pyridine rings is 1. The van der Waals surface area contributed by atoms with E-state index >= 15 is 0 Å². The van der Waals surface area contributed by atoms with Gasteiger partial charge in [-0.15, -0.1) is 0 Å². The Kier molecular flexibility index (Phi) is 3.50. The molecule has 0 saturated carbocycles. The normalized spacial score (nSPS) is 11.0. The highest BCUT2D eigenvalue weighted by atomic mass is 16.1. The molecule has 0 aliphatic carbocycles. The summed E-state index contributed by atoms with van der Waals surface area (Å²) in [7, 11) is 1.88. The van der Waals surface area contributed by atoms with Gasteiger partial charge in [0.05, 0.1) is 11.9 Å². The molecule has 4 heterocycles. The van der Waals surface area contributed by atoms with Crippen molar-refractivity contribution in [2.45, 2.75) is 6.92 Å². The average molecular weight is 333 g/mol. The Labute approximate surface area is 143 Å². The predicted molar refractivity (Wildman–Crippen MR) is 92.1 cm³/mol. The first-order valence-corrected chi connectivity index (χ1v) is 7.68. The minimum Gasteiger partial charge on any atom is -0.320 e. The van der Waals surface area contributed by atoms with Gasteiger partial charge in [-0.05, 0) is 25.1 Å². The van der Waals surface area contributed by atoms with E-state index in [4.69, 9.17) is 0 Å². The number of carbonyl (C=O) groups excluding carboxylic acids is 1. The summed E-state index contributed by atoms with van der Waals surface area (Å²) in [5.74, 6) is -0.300. The molecule has 0 fully saturated rings. The van der Waals surface area contributed by atoms with Crippen LogP contribution in [0.1, 0.15) is 16.2 Å². The lowest BCUT2D eigenvalue weighted by molar-refractivity contribution is 0.102.